The Kier molecular flexibility index (Phi) is 8.72. The molecule has 0 saturated heterocycles. The number of hydrogen-bond acceptors (Lipinski definition) is 4. The third-order valence-corrected chi connectivity index (χ3v) is 5.96. The number of rotatable bonds is 11. The highest BCUT2D eigenvalue weighted by molar-refractivity contribution is 7.92. The summed E-state index contributed by atoms with van der Waals surface area (Å²) in [4.78, 5) is 12.6. The van der Waals surface area contributed by atoms with Gasteiger partial charge < -0.3 is 10.1 Å². The normalized spacial score (nSPS) is 12.4. The lowest BCUT2D eigenvalue weighted by atomic mass is 9.96. The minimum atomic E-state index is -3.41. The molecular weight excluding hydrogens is 400 g/mol. The predicted octanol–water partition coefficient (Wildman–Crippen LogP) is 4.15. The minimum absolute atomic E-state index is 0.0852. The maximum Gasteiger partial charge on any atom is 0.232 e. The number of para-hydroxylation sites is 1. The van der Waals surface area contributed by atoms with Crippen LogP contribution in [-0.4, -0.2) is 34.2 Å². The molecule has 0 aliphatic heterocycles. The molecule has 1 amide bonds. The summed E-state index contributed by atoms with van der Waals surface area (Å²) in [6.45, 7) is 4.49. The molecule has 2 aromatic carbocycles. The maximum atomic E-state index is 12.6. The molecule has 2 rings (SSSR count). The lowest BCUT2D eigenvalue weighted by Gasteiger charge is -2.23. The van der Waals surface area contributed by atoms with Crippen molar-refractivity contribution in [2.24, 2.45) is 5.92 Å². The number of benzene rings is 2. The fourth-order valence-corrected chi connectivity index (χ4v) is 4.28. The number of methoxy groups -OCH3 is 1. The Morgan fingerprint density at radius 2 is 1.70 bits per heavy atom. The minimum Gasteiger partial charge on any atom is -0.497 e. The summed E-state index contributed by atoms with van der Waals surface area (Å²) in [5.74, 6) is 1.10. The van der Waals surface area contributed by atoms with Crippen LogP contribution < -0.4 is 14.4 Å². The van der Waals surface area contributed by atoms with Crippen molar-refractivity contribution in [1.82, 2.24) is 5.32 Å². The van der Waals surface area contributed by atoms with Crippen LogP contribution in [0.15, 0.2) is 54.6 Å². The van der Waals surface area contributed by atoms with Gasteiger partial charge in [-0.2, -0.15) is 0 Å². The molecule has 0 aromatic heterocycles. The van der Waals surface area contributed by atoms with Crippen LogP contribution in [0, 0.1) is 5.92 Å². The van der Waals surface area contributed by atoms with Crippen LogP contribution in [0.25, 0.3) is 0 Å². The van der Waals surface area contributed by atoms with Gasteiger partial charge in [0, 0.05) is 13.0 Å². The molecule has 6 nitrogen and oxygen atoms in total. The van der Waals surface area contributed by atoms with E-state index in [2.05, 4.69) is 19.2 Å². The fourth-order valence-electron chi connectivity index (χ4n) is 3.32. The fraction of sp³-hybridized carbons (Fsp3) is 0.435. The SMILES string of the molecule is COc1ccc(C(CC(C)C)NC(=O)CCCN(c2ccccc2)S(C)(=O)=O)cc1. The molecule has 30 heavy (non-hydrogen) atoms. The zero-order valence-corrected chi connectivity index (χ0v) is 19.0. The predicted molar refractivity (Wildman–Crippen MR) is 121 cm³/mol. The van der Waals surface area contributed by atoms with Crippen molar-refractivity contribution in [2.75, 3.05) is 24.2 Å². The van der Waals surface area contributed by atoms with Crippen molar-refractivity contribution >= 4 is 21.6 Å². The molecular formula is C23H32N2O4S. The average Bonchev–Trinajstić information content (AvgIpc) is 2.70. The summed E-state index contributed by atoms with van der Waals surface area (Å²) in [6.07, 6.45) is 2.69. The summed E-state index contributed by atoms with van der Waals surface area (Å²) in [6, 6.07) is 16.6. The van der Waals surface area contributed by atoms with Gasteiger partial charge in [-0.15, -0.1) is 0 Å². The van der Waals surface area contributed by atoms with Crippen molar-refractivity contribution in [1.29, 1.82) is 0 Å². The Morgan fingerprint density at radius 1 is 1.07 bits per heavy atom. The summed E-state index contributed by atoms with van der Waals surface area (Å²) in [7, 11) is -1.79. The van der Waals surface area contributed by atoms with Gasteiger partial charge in [0.1, 0.15) is 5.75 Å². The molecule has 0 heterocycles. The van der Waals surface area contributed by atoms with Gasteiger partial charge in [-0.25, -0.2) is 8.42 Å². The first-order chi connectivity index (χ1) is 14.2. The van der Waals surface area contributed by atoms with Crippen LogP contribution in [0.2, 0.25) is 0 Å². The molecule has 0 saturated carbocycles. The van der Waals surface area contributed by atoms with Gasteiger partial charge in [-0.05, 0) is 48.6 Å². The molecule has 7 heteroatoms. The number of carbonyl (C=O) groups is 1. The molecule has 164 valence electrons. The van der Waals surface area contributed by atoms with Gasteiger partial charge in [0.15, 0.2) is 0 Å². The van der Waals surface area contributed by atoms with Crippen molar-refractivity contribution in [3.8, 4) is 5.75 Å². The number of anilines is 1. The standard InChI is InChI=1S/C23H32N2O4S/c1-18(2)17-22(19-12-14-21(29-3)15-13-19)24-23(26)11-8-16-25(30(4,27)28)20-9-6-5-7-10-20/h5-7,9-10,12-15,18,22H,8,11,16-17H2,1-4H3,(H,24,26). The quantitative estimate of drug-likeness (QED) is 0.579. The third-order valence-electron chi connectivity index (χ3n) is 4.77. The Balaban J connectivity index is 1.99. The Labute approximate surface area is 180 Å². The Morgan fingerprint density at radius 3 is 2.23 bits per heavy atom. The second-order valence-corrected chi connectivity index (χ2v) is 9.70. The first kappa shape index (κ1) is 23.7. The van der Waals surface area contributed by atoms with E-state index in [1.807, 2.05) is 30.3 Å². The lowest BCUT2D eigenvalue weighted by molar-refractivity contribution is -0.122. The number of sulfonamides is 1. The molecule has 0 aliphatic rings. The summed E-state index contributed by atoms with van der Waals surface area (Å²) >= 11 is 0. The Hall–Kier alpha value is -2.54. The van der Waals surface area contributed by atoms with E-state index in [1.165, 1.54) is 10.6 Å². The molecule has 0 aliphatic carbocycles. The number of ether oxygens (including phenoxy) is 1. The Bertz CT molecular complexity index is 897. The molecule has 2 aromatic rings. The molecule has 0 fully saturated rings. The van der Waals surface area contributed by atoms with Crippen molar-refractivity contribution in [2.45, 2.75) is 39.2 Å². The van der Waals surface area contributed by atoms with Crippen LogP contribution >= 0.6 is 0 Å². The highest BCUT2D eigenvalue weighted by atomic mass is 32.2. The highest BCUT2D eigenvalue weighted by Gasteiger charge is 2.19. The topological polar surface area (TPSA) is 75.7 Å². The van der Waals surface area contributed by atoms with Gasteiger partial charge in [-0.1, -0.05) is 44.2 Å². The van der Waals surface area contributed by atoms with Crippen molar-refractivity contribution in [3.05, 3.63) is 60.2 Å². The first-order valence-corrected chi connectivity index (χ1v) is 12.0. The van der Waals surface area contributed by atoms with Gasteiger partial charge in [0.25, 0.3) is 0 Å². The summed E-state index contributed by atoms with van der Waals surface area (Å²) < 4.78 is 30.9. The van der Waals surface area contributed by atoms with E-state index < -0.39 is 10.0 Å². The first-order valence-electron chi connectivity index (χ1n) is 10.2. The molecule has 1 atom stereocenters. The molecule has 0 spiro atoms. The maximum absolute atomic E-state index is 12.6. The summed E-state index contributed by atoms with van der Waals surface area (Å²) in [5, 5.41) is 3.11. The van der Waals surface area contributed by atoms with E-state index in [0.717, 1.165) is 17.7 Å². The average molecular weight is 433 g/mol. The van der Waals surface area contributed by atoms with E-state index >= 15 is 0 Å². The number of nitrogens with zero attached hydrogens (tertiary/aromatic N) is 1. The van der Waals surface area contributed by atoms with E-state index in [1.54, 1.807) is 31.4 Å². The van der Waals surface area contributed by atoms with Crippen LogP contribution in [0.1, 0.15) is 44.7 Å². The van der Waals surface area contributed by atoms with E-state index in [0.29, 0.717) is 18.0 Å². The highest BCUT2D eigenvalue weighted by Crippen LogP contribution is 2.24. The smallest absolute Gasteiger partial charge is 0.232 e. The van der Waals surface area contributed by atoms with Crippen molar-refractivity contribution < 1.29 is 17.9 Å². The summed E-state index contributed by atoms with van der Waals surface area (Å²) in [5.41, 5.74) is 1.64. The second kappa shape index (κ2) is 11.0. The monoisotopic (exact) mass is 432 g/mol. The number of carbonyl (C=O) groups excluding carboxylic acids is 1. The molecule has 1 N–H and O–H groups in total. The second-order valence-electron chi connectivity index (χ2n) is 7.80. The molecule has 0 radical (unpaired) electrons. The van der Waals surface area contributed by atoms with Crippen molar-refractivity contribution in [3.63, 3.8) is 0 Å². The van der Waals surface area contributed by atoms with Crippen LogP contribution in [-0.2, 0) is 14.8 Å². The number of amides is 1. The van der Waals surface area contributed by atoms with E-state index in [4.69, 9.17) is 4.74 Å². The van der Waals surface area contributed by atoms with Crippen LogP contribution in [0.3, 0.4) is 0 Å². The van der Waals surface area contributed by atoms with Crippen LogP contribution in [0.4, 0.5) is 5.69 Å². The molecule has 1 unspecified atom stereocenters. The lowest BCUT2D eigenvalue weighted by Crippen LogP contribution is -2.33. The van der Waals surface area contributed by atoms with Gasteiger partial charge in [0.05, 0.1) is 25.1 Å². The zero-order chi connectivity index (χ0) is 22.1. The van der Waals surface area contributed by atoms with Gasteiger partial charge in [-0.3, -0.25) is 9.10 Å². The zero-order valence-electron chi connectivity index (χ0n) is 18.2. The third kappa shape index (κ3) is 7.37. The molecule has 0 bridgehead atoms. The van der Waals surface area contributed by atoms with Crippen LogP contribution in [0.5, 0.6) is 5.75 Å². The van der Waals surface area contributed by atoms with E-state index in [9.17, 15) is 13.2 Å². The largest absolute Gasteiger partial charge is 0.497 e. The van der Waals surface area contributed by atoms with E-state index in [-0.39, 0.29) is 24.9 Å². The van der Waals surface area contributed by atoms with Gasteiger partial charge >= 0.3 is 0 Å². The number of nitrogens with one attached hydrogen (secondary N) is 1. The van der Waals surface area contributed by atoms with Gasteiger partial charge in [0.2, 0.25) is 15.9 Å². The number of hydrogen-bond donors (Lipinski definition) is 1.